The van der Waals surface area contributed by atoms with Crippen molar-refractivity contribution < 1.29 is 10.2 Å². The average Bonchev–Trinajstić information content (AvgIpc) is 2.23. The molecule has 0 saturated carbocycles. The van der Waals surface area contributed by atoms with E-state index >= 15 is 0 Å². The summed E-state index contributed by atoms with van der Waals surface area (Å²) in [6.07, 6.45) is 5.11. The Morgan fingerprint density at radius 3 is 1.95 bits per heavy atom. The standard InChI is InChI=1S/C16H33NO2/c1-13(2)7-6-8-14(3)9-10-17(11-15(4)18)12-16(5)19/h7,14-16,18-19H,6,8-12H2,1-5H3. The van der Waals surface area contributed by atoms with Gasteiger partial charge in [0.1, 0.15) is 0 Å². The van der Waals surface area contributed by atoms with Crippen LogP contribution in [0.1, 0.15) is 53.9 Å². The second-order valence-electron chi connectivity index (χ2n) is 6.21. The van der Waals surface area contributed by atoms with Gasteiger partial charge in [-0.15, -0.1) is 0 Å². The molecule has 3 nitrogen and oxygen atoms in total. The van der Waals surface area contributed by atoms with Gasteiger partial charge >= 0.3 is 0 Å². The predicted molar refractivity (Wildman–Crippen MR) is 82.2 cm³/mol. The lowest BCUT2D eigenvalue weighted by Crippen LogP contribution is -2.37. The first-order valence-electron chi connectivity index (χ1n) is 7.53. The molecule has 0 spiro atoms. The van der Waals surface area contributed by atoms with E-state index in [1.165, 1.54) is 12.0 Å². The molecule has 3 atom stereocenters. The Morgan fingerprint density at radius 1 is 1.00 bits per heavy atom. The topological polar surface area (TPSA) is 43.7 Å². The number of hydrogen-bond acceptors (Lipinski definition) is 3. The van der Waals surface area contributed by atoms with Crippen LogP contribution < -0.4 is 0 Å². The molecule has 0 rings (SSSR count). The van der Waals surface area contributed by atoms with Crippen molar-refractivity contribution in [3.8, 4) is 0 Å². The SMILES string of the molecule is CC(C)=CCCC(C)CCN(CC(C)O)CC(C)O. The zero-order chi connectivity index (χ0) is 14.8. The van der Waals surface area contributed by atoms with Crippen molar-refractivity contribution in [2.75, 3.05) is 19.6 Å². The van der Waals surface area contributed by atoms with Crippen LogP contribution in [0, 0.1) is 5.92 Å². The Kier molecular flexibility index (Phi) is 10.2. The van der Waals surface area contributed by atoms with Crippen LogP contribution in [0.2, 0.25) is 0 Å². The van der Waals surface area contributed by atoms with Gasteiger partial charge in [0.15, 0.2) is 0 Å². The molecule has 0 aliphatic heterocycles. The van der Waals surface area contributed by atoms with Crippen LogP contribution in [0.15, 0.2) is 11.6 Å². The highest BCUT2D eigenvalue weighted by Crippen LogP contribution is 2.13. The molecule has 0 aliphatic rings. The molecule has 3 unspecified atom stereocenters. The Morgan fingerprint density at radius 2 is 1.53 bits per heavy atom. The minimum atomic E-state index is -0.334. The maximum atomic E-state index is 9.47. The van der Waals surface area contributed by atoms with Gasteiger partial charge in [0, 0.05) is 13.1 Å². The lowest BCUT2D eigenvalue weighted by atomic mass is 10.0. The molecule has 19 heavy (non-hydrogen) atoms. The molecule has 0 bridgehead atoms. The third-order valence-corrected chi connectivity index (χ3v) is 3.20. The number of nitrogens with zero attached hydrogens (tertiary/aromatic N) is 1. The van der Waals surface area contributed by atoms with E-state index in [0.717, 1.165) is 19.4 Å². The lowest BCUT2D eigenvalue weighted by molar-refractivity contribution is 0.0802. The van der Waals surface area contributed by atoms with Crippen LogP contribution in [0.4, 0.5) is 0 Å². The summed E-state index contributed by atoms with van der Waals surface area (Å²) in [5, 5.41) is 18.9. The molecule has 2 N–H and O–H groups in total. The molecule has 0 saturated heterocycles. The van der Waals surface area contributed by atoms with Gasteiger partial charge in [-0.25, -0.2) is 0 Å². The highest BCUT2D eigenvalue weighted by molar-refractivity contribution is 4.92. The molecular weight excluding hydrogens is 238 g/mol. The van der Waals surface area contributed by atoms with E-state index in [2.05, 4.69) is 31.7 Å². The maximum Gasteiger partial charge on any atom is 0.0639 e. The second kappa shape index (κ2) is 10.4. The van der Waals surface area contributed by atoms with Gasteiger partial charge in [0.25, 0.3) is 0 Å². The number of hydrogen-bond donors (Lipinski definition) is 2. The maximum absolute atomic E-state index is 9.47. The van der Waals surface area contributed by atoms with Gasteiger partial charge in [-0.05, 0) is 59.4 Å². The normalized spacial score (nSPS) is 16.2. The Balaban J connectivity index is 3.97. The number of allylic oxidation sites excluding steroid dienone is 2. The molecule has 3 heteroatoms. The Bertz CT molecular complexity index is 235. The Labute approximate surface area is 119 Å². The minimum absolute atomic E-state index is 0.334. The van der Waals surface area contributed by atoms with Gasteiger partial charge in [-0.2, -0.15) is 0 Å². The van der Waals surface area contributed by atoms with E-state index in [-0.39, 0.29) is 12.2 Å². The molecular formula is C16H33NO2. The molecule has 0 fully saturated rings. The quantitative estimate of drug-likeness (QED) is 0.601. The van der Waals surface area contributed by atoms with E-state index in [9.17, 15) is 10.2 Å². The third-order valence-electron chi connectivity index (χ3n) is 3.20. The first kappa shape index (κ1) is 18.6. The summed E-state index contributed by atoms with van der Waals surface area (Å²) in [6.45, 7) is 12.4. The number of aliphatic hydroxyl groups is 2. The molecule has 0 aromatic carbocycles. The molecule has 0 aromatic heterocycles. The fourth-order valence-corrected chi connectivity index (χ4v) is 2.21. The summed E-state index contributed by atoms with van der Waals surface area (Å²) < 4.78 is 0. The molecule has 0 aliphatic carbocycles. The molecule has 0 amide bonds. The van der Waals surface area contributed by atoms with Crippen molar-refractivity contribution in [3.63, 3.8) is 0 Å². The summed E-state index contributed by atoms with van der Waals surface area (Å²) in [4.78, 5) is 2.16. The zero-order valence-corrected chi connectivity index (χ0v) is 13.4. The van der Waals surface area contributed by atoms with Crippen molar-refractivity contribution in [1.29, 1.82) is 0 Å². The van der Waals surface area contributed by atoms with Crippen LogP contribution in [-0.4, -0.2) is 47.0 Å². The monoisotopic (exact) mass is 271 g/mol. The largest absolute Gasteiger partial charge is 0.392 e. The highest BCUT2D eigenvalue weighted by atomic mass is 16.3. The first-order valence-corrected chi connectivity index (χ1v) is 7.53. The van der Waals surface area contributed by atoms with E-state index < -0.39 is 0 Å². The molecule has 114 valence electrons. The highest BCUT2D eigenvalue weighted by Gasteiger charge is 2.12. The van der Waals surface area contributed by atoms with Crippen molar-refractivity contribution in [1.82, 2.24) is 4.90 Å². The molecule has 0 radical (unpaired) electrons. The summed E-state index contributed by atoms with van der Waals surface area (Å²) in [6, 6.07) is 0. The summed E-state index contributed by atoms with van der Waals surface area (Å²) >= 11 is 0. The number of aliphatic hydroxyl groups excluding tert-OH is 2. The van der Waals surface area contributed by atoms with Crippen LogP contribution in [-0.2, 0) is 0 Å². The smallest absolute Gasteiger partial charge is 0.0639 e. The van der Waals surface area contributed by atoms with Gasteiger partial charge in [-0.3, -0.25) is 4.90 Å². The fraction of sp³-hybridized carbons (Fsp3) is 0.875. The van der Waals surface area contributed by atoms with Crippen molar-refractivity contribution in [2.45, 2.75) is 66.1 Å². The lowest BCUT2D eigenvalue weighted by Gasteiger charge is -2.26. The van der Waals surface area contributed by atoms with E-state index in [0.29, 0.717) is 19.0 Å². The van der Waals surface area contributed by atoms with Crippen molar-refractivity contribution >= 4 is 0 Å². The minimum Gasteiger partial charge on any atom is -0.392 e. The predicted octanol–water partition coefficient (Wildman–Crippen LogP) is 2.82. The summed E-state index contributed by atoms with van der Waals surface area (Å²) in [5.74, 6) is 0.682. The first-order chi connectivity index (χ1) is 8.81. The van der Waals surface area contributed by atoms with Gasteiger partial charge in [0.2, 0.25) is 0 Å². The average molecular weight is 271 g/mol. The van der Waals surface area contributed by atoms with Gasteiger partial charge in [0.05, 0.1) is 12.2 Å². The van der Waals surface area contributed by atoms with Crippen LogP contribution in [0.5, 0.6) is 0 Å². The van der Waals surface area contributed by atoms with Gasteiger partial charge in [-0.1, -0.05) is 18.6 Å². The van der Waals surface area contributed by atoms with Crippen LogP contribution in [0.25, 0.3) is 0 Å². The molecule has 0 aromatic rings. The van der Waals surface area contributed by atoms with Crippen LogP contribution >= 0.6 is 0 Å². The third kappa shape index (κ3) is 12.4. The van der Waals surface area contributed by atoms with E-state index in [1.54, 1.807) is 13.8 Å². The fourth-order valence-electron chi connectivity index (χ4n) is 2.21. The summed E-state index contributed by atoms with van der Waals surface area (Å²) in [7, 11) is 0. The van der Waals surface area contributed by atoms with E-state index in [1.807, 2.05) is 0 Å². The zero-order valence-electron chi connectivity index (χ0n) is 13.4. The molecule has 0 heterocycles. The number of rotatable bonds is 10. The van der Waals surface area contributed by atoms with Crippen molar-refractivity contribution in [2.24, 2.45) is 5.92 Å². The van der Waals surface area contributed by atoms with Crippen molar-refractivity contribution in [3.05, 3.63) is 11.6 Å². The van der Waals surface area contributed by atoms with Crippen LogP contribution in [0.3, 0.4) is 0 Å². The second-order valence-corrected chi connectivity index (χ2v) is 6.21. The van der Waals surface area contributed by atoms with Gasteiger partial charge < -0.3 is 10.2 Å². The Hall–Kier alpha value is -0.380. The summed E-state index contributed by atoms with van der Waals surface area (Å²) in [5.41, 5.74) is 1.39. The van der Waals surface area contributed by atoms with E-state index in [4.69, 9.17) is 0 Å².